The third kappa shape index (κ3) is 4.90. The number of hydrogen-bond acceptors (Lipinski definition) is 4. The zero-order chi connectivity index (χ0) is 34.5. The summed E-state index contributed by atoms with van der Waals surface area (Å²) >= 11 is 0. The van der Waals surface area contributed by atoms with Crippen LogP contribution in [0.2, 0.25) is 0 Å². The molecule has 3 aliphatic heterocycles. The van der Waals surface area contributed by atoms with Crippen LogP contribution in [0.15, 0.2) is 169 Å². The van der Waals surface area contributed by atoms with E-state index in [1.54, 1.807) is 0 Å². The van der Waals surface area contributed by atoms with Gasteiger partial charge in [-0.2, -0.15) is 0 Å². The Hall–Kier alpha value is -6.26. The standard InChI is InChI=1S/C48H38N2O2/c1-2-13-35(14-3-1)50-43-21-7-4-15-36(43)32-24-26-33(27-25-32)37-16-12-19-41-47(37)52-46-31-34(42-20-10-11-30-49-42)28-29-40(46)48(41)38-17-5-8-22-44(38)51-45-23-9-6-18-39(45)48/h1-5,7-9,12-17,19-29,31,49-50H,6,10-11,18,30H2. The molecule has 4 heteroatoms. The van der Waals surface area contributed by atoms with Gasteiger partial charge in [0.05, 0.1) is 5.41 Å². The van der Waals surface area contributed by atoms with Crippen molar-refractivity contribution in [3.05, 3.63) is 191 Å². The van der Waals surface area contributed by atoms with Crippen LogP contribution in [-0.4, -0.2) is 6.54 Å². The third-order valence-corrected chi connectivity index (χ3v) is 11.0. The van der Waals surface area contributed by atoms with E-state index in [1.165, 1.54) is 11.3 Å². The van der Waals surface area contributed by atoms with E-state index >= 15 is 0 Å². The molecular weight excluding hydrogens is 637 g/mol. The van der Waals surface area contributed by atoms with Crippen molar-refractivity contribution < 1.29 is 9.47 Å². The fourth-order valence-electron chi connectivity index (χ4n) is 8.59. The zero-order valence-corrected chi connectivity index (χ0v) is 28.9. The highest BCUT2D eigenvalue weighted by Crippen LogP contribution is 2.62. The van der Waals surface area contributed by atoms with Crippen LogP contribution in [0.5, 0.6) is 17.2 Å². The molecule has 0 amide bonds. The van der Waals surface area contributed by atoms with Gasteiger partial charge in [-0.1, -0.05) is 121 Å². The quantitative estimate of drug-likeness (QED) is 0.191. The van der Waals surface area contributed by atoms with E-state index in [2.05, 4.69) is 162 Å². The summed E-state index contributed by atoms with van der Waals surface area (Å²) in [5.74, 6) is 3.63. The van der Waals surface area contributed by atoms with Crippen LogP contribution in [0.25, 0.3) is 28.0 Å². The fourth-order valence-corrected chi connectivity index (χ4v) is 8.59. The summed E-state index contributed by atoms with van der Waals surface area (Å²) in [7, 11) is 0. The maximum absolute atomic E-state index is 7.17. The van der Waals surface area contributed by atoms with Gasteiger partial charge in [0.15, 0.2) is 0 Å². The van der Waals surface area contributed by atoms with Crippen molar-refractivity contribution in [2.75, 3.05) is 11.9 Å². The van der Waals surface area contributed by atoms with Crippen molar-refractivity contribution in [3.63, 3.8) is 0 Å². The molecule has 3 heterocycles. The van der Waals surface area contributed by atoms with Crippen molar-refractivity contribution in [3.8, 4) is 39.5 Å². The number of anilines is 2. The second-order valence-corrected chi connectivity index (χ2v) is 13.9. The summed E-state index contributed by atoms with van der Waals surface area (Å²) in [5.41, 5.74) is 13.1. The molecule has 1 unspecified atom stereocenters. The number of benzene rings is 6. The monoisotopic (exact) mass is 674 g/mol. The van der Waals surface area contributed by atoms with Gasteiger partial charge in [0, 0.05) is 57.0 Å². The van der Waals surface area contributed by atoms with Gasteiger partial charge < -0.3 is 20.1 Å². The predicted octanol–water partition coefficient (Wildman–Crippen LogP) is 11.9. The predicted molar refractivity (Wildman–Crippen MR) is 211 cm³/mol. The Morgan fingerprint density at radius 3 is 2.19 bits per heavy atom. The molecule has 1 spiro atoms. The molecule has 6 aromatic carbocycles. The van der Waals surface area contributed by atoms with Gasteiger partial charge in [0.1, 0.15) is 23.0 Å². The second kappa shape index (κ2) is 12.5. The Morgan fingerprint density at radius 1 is 0.596 bits per heavy atom. The lowest BCUT2D eigenvalue weighted by Crippen LogP contribution is -2.39. The van der Waals surface area contributed by atoms with Gasteiger partial charge in [-0.25, -0.2) is 0 Å². The normalized spacial score (nSPS) is 18.1. The van der Waals surface area contributed by atoms with E-state index in [0.717, 1.165) is 111 Å². The van der Waals surface area contributed by atoms with Gasteiger partial charge in [-0.05, 0) is 78.8 Å². The fraction of sp³-hybridized carbons (Fsp3) is 0.125. The Bertz CT molecular complexity index is 2440. The maximum Gasteiger partial charge on any atom is 0.140 e. The highest BCUT2D eigenvalue weighted by molar-refractivity contribution is 5.85. The maximum atomic E-state index is 7.17. The summed E-state index contributed by atoms with van der Waals surface area (Å²) in [4.78, 5) is 0. The molecule has 1 aliphatic carbocycles. The van der Waals surface area contributed by atoms with E-state index in [9.17, 15) is 0 Å². The largest absolute Gasteiger partial charge is 0.457 e. The van der Waals surface area contributed by atoms with Gasteiger partial charge in [0.2, 0.25) is 0 Å². The van der Waals surface area contributed by atoms with Gasteiger partial charge in [0.25, 0.3) is 0 Å². The number of rotatable bonds is 5. The van der Waals surface area contributed by atoms with Crippen molar-refractivity contribution in [1.29, 1.82) is 0 Å². The molecule has 2 N–H and O–H groups in total. The molecule has 10 rings (SSSR count). The molecule has 252 valence electrons. The van der Waals surface area contributed by atoms with E-state index in [-0.39, 0.29) is 0 Å². The highest BCUT2D eigenvalue weighted by Gasteiger charge is 2.52. The molecule has 52 heavy (non-hydrogen) atoms. The molecule has 4 nitrogen and oxygen atoms in total. The minimum Gasteiger partial charge on any atom is -0.457 e. The summed E-state index contributed by atoms with van der Waals surface area (Å²) in [6.07, 6.45) is 10.8. The first-order valence-electron chi connectivity index (χ1n) is 18.4. The Kier molecular flexibility index (Phi) is 7.35. The van der Waals surface area contributed by atoms with E-state index in [1.807, 2.05) is 6.07 Å². The van der Waals surface area contributed by atoms with Crippen LogP contribution >= 0.6 is 0 Å². The van der Waals surface area contributed by atoms with E-state index in [0.29, 0.717) is 0 Å². The van der Waals surface area contributed by atoms with Crippen molar-refractivity contribution in [1.82, 2.24) is 5.32 Å². The number of allylic oxidation sites excluding steroid dienone is 4. The van der Waals surface area contributed by atoms with Crippen molar-refractivity contribution in [2.24, 2.45) is 0 Å². The van der Waals surface area contributed by atoms with Crippen molar-refractivity contribution >= 4 is 17.1 Å². The molecule has 0 saturated heterocycles. The van der Waals surface area contributed by atoms with Crippen LogP contribution in [0.4, 0.5) is 11.4 Å². The number of ether oxygens (including phenoxy) is 2. The Morgan fingerprint density at radius 2 is 1.33 bits per heavy atom. The van der Waals surface area contributed by atoms with E-state index in [4.69, 9.17) is 9.47 Å². The molecule has 0 bridgehead atoms. The average molecular weight is 675 g/mol. The lowest BCUT2D eigenvalue weighted by molar-refractivity contribution is 0.367. The van der Waals surface area contributed by atoms with Crippen LogP contribution < -0.4 is 20.1 Å². The number of nitrogens with one attached hydrogen (secondary N) is 2. The second-order valence-electron chi connectivity index (χ2n) is 13.9. The zero-order valence-electron chi connectivity index (χ0n) is 28.9. The third-order valence-electron chi connectivity index (χ3n) is 11.0. The summed E-state index contributed by atoms with van der Waals surface area (Å²) in [6.45, 7) is 0.983. The van der Waals surface area contributed by atoms with Gasteiger partial charge >= 0.3 is 0 Å². The van der Waals surface area contributed by atoms with Crippen LogP contribution in [-0.2, 0) is 5.41 Å². The van der Waals surface area contributed by atoms with Crippen LogP contribution in [0.1, 0.15) is 47.9 Å². The first-order valence-corrected chi connectivity index (χ1v) is 18.4. The first kappa shape index (κ1) is 30.6. The van der Waals surface area contributed by atoms with E-state index < -0.39 is 5.41 Å². The topological polar surface area (TPSA) is 42.5 Å². The molecule has 0 aromatic heterocycles. The minimum absolute atomic E-state index is 0.567. The molecule has 0 saturated carbocycles. The van der Waals surface area contributed by atoms with Crippen LogP contribution in [0, 0.1) is 0 Å². The Balaban J connectivity index is 1.14. The minimum atomic E-state index is -0.567. The van der Waals surface area contributed by atoms with Gasteiger partial charge in [-0.3, -0.25) is 0 Å². The number of para-hydroxylation sites is 4. The lowest BCUT2D eigenvalue weighted by Gasteiger charge is -2.47. The lowest BCUT2D eigenvalue weighted by atomic mass is 9.60. The molecule has 4 aliphatic rings. The molecule has 1 atom stereocenters. The van der Waals surface area contributed by atoms with Crippen molar-refractivity contribution in [2.45, 2.75) is 31.1 Å². The Labute approximate surface area is 304 Å². The number of fused-ring (bicyclic) bond motifs is 7. The molecular formula is C48H38N2O2. The smallest absolute Gasteiger partial charge is 0.140 e. The molecule has 0 radical (unpaired) electrons. The average Bonchev–Trinajstić information content (AvgIpc) is 3.21. The van der Waals surface area contributed by atoms with Gasteiger partial charge in [-0.15, -0.1) is 0 Å². The highest BCUT2D eigenvalue weighted by atomic mass is 16.5. The summed E-state index contributed by atoms with van der Waals surface area (Å²) in [6, 6.07) is 49.8. The number of hydrogen-bond donors (Lipinski definition) is 2. The van der Waals surface area contributed by atoms with Crippen LogP contribution in [0.3, 0.4) is 0 Å². The molecule has 6 aromatic rings. The summed E-state index contributed by atoms with van der Waals surface area (Å²) < 4.78 is 13.8. The summed E-state index contributed by atoms with van der Waals surface area (Å²) in [5, 5.41) is 7.24. The SMILES string of the molecule is C1=CC2=C(CC1)C1(c3ccccc3O2)c2ccc(C3=CCCCN3)cc2Oc2c(-c3ccc(-c4ccccc4Nc4ccccc4)cc3)cccc21. The first-order chi connectivity index (χ1) is 25.8. The molecule has 0 fully saturated rings.